The molecule has 0 spiro atoms. The zero-order valence-corrected chi connectivity index (χ0v) is 13.1. The number of hydrogen-bond acceptors (Lipinski definition) is 4. The predicted molar refractivity (Wildman–Crippen MR) is 81.2 cm³/mol. The lowest BCUT2D eigenvalue weighted by molar-refractivity contribution is 0.110. The highest BCUT2D eigenvalue weighted by molar-refractivity contribution is 9.10. The van der Waals surface area contributed by atoms with Crippen LogP contribution in [0.1, 0.15) is 18.2 Å². The molecule has 0 unspecified atom stereocenters. The maximum atomic E-state index is 5.66. The first-order valence-corrected chi connectivity index (χ1v) is 7.49. The van der Waals surface area contributed by atoms with Crippen LogP contribution in [-0.2, 0) is 24.4 Å². The van der Waals surface area contributed by atoms with E-state index in [0.717, 1.165) is 28.8 Å². The first kappa shape index (κ1) is 15.2. The molecule has 1 N–H and O–H groups in total. The van der Waals surface area contributed by atoms with E-state index >= 15 is 0 Å². The number of nitrogens with one attached hydrogen (secondary N) is 1. The lowest BCUT2D eigenvalue weighted by atomic mass is 10.2. The maximum absolute atomic E-state index is 5.66. The van der Waals surface area contributed by atoms with Gasteiger partial charge in [-0.2, -0.15) is 0 Å². The van der Waals surface area contributed by atoms with Crippen LogP contribution in [0.25, 0.3) is 0 Å². The molecule has 0 fully saturated rings. The smallest absolute Gasteiger partial charge is 0.0964 e. The van der Waals surface area contributed by atoms with Crippen molar-refractivity contribution in [3.63, 3.8) is 0 Å². The third-order valence-corrected chi connectivity index (χ3v) is 3.60. The fourth-order valence-electron chi connectivity index (χ4n) is 1.74. The number of benzene rings is 1. The number of hydrogen-bond donors (Lipinski definition) is 1. The van der Waals surface area contributed by atoms with Gasteiger partial charge < -0.3 is 10.1 Å². The van der Waals surface area contributed by atoms with Crippen molar-refractivity contribution in [3.8, 4) is 0 Å². The highest BCUT2D eigenvalue weighted by Gasteiger charge is 2.01. The Bertz CT molecular complexity index is 529. The summed E-state index contributed by atoms with van der Waals surface area (Å²) in [7, 11) is 0. The van der Waals surface area contributed by atoms with E-state index in [2.05, 4.69) is 38.5 Å². The average Bonchev–Trinajstić information content (AvgIpc) is 2.91. The minimum atomic E-state index is 0.598. The Morgan fingerprint density at radius 2 is 2.20 bits per heavy atom. The van der Waals surface area contributed by atoms with Gasteiger partial charge in [-0.3, -0.25) is 0 Å². The second-order valence-corrected chi connectivity index (χ2v) is 5.25. The fraction of sp³-hybridized carbons (Fsp3) is 0.429. The number of aromatic nitrogens is 3. The number of rotatable bonds is 8. The molecule has 6 heteroatoms. The standard InChI is InChI=1S/C14H19BrN4O/c1-2-16-9-13-10-19(18-17-13)7-8-20-11-12-5-3-4-6-14(12)15/h3-6,10,16H,2,7-9,11H2,1H3. The molecule has 0 aliphatic carbocycles. The Morgan fingerprint density at radius 3 is 3.00 bits per heavy atom. The molecule has 0 aliphatic rings. The van der Waals surface area contributed by atoms with E-state index in [0.29, 0.717) is 19.8 Å². The van der Waals surface area contributed by atoms with Gasteiger partial charge in [0, 0.05) is 17.2 Å². The Kier molecular flexibility index (Phi) is 6.17. The molecule has 0 radical (unpaired) electrons. The second kappa shape index (κ2) is 8.14. The van der Waals surface area contributed by atoms with Gasteiger partial charge in [0.1, 0.15) is 0 Å². The van der Waals surface area contributed by atoms with Crippen LogP contribution in [-0.4, -0.2) is 28.1 Å². The number of ether oxygens (including phenoxy) is 1. The second-order valence-electron chi connectivity index (χ2n) is 4.40. The first-order chi connectivity index (χ1) is 9.79. The summed E-state index contributed by atoms with van der Waals surface area (Å²) in [5, 5.41) is 11.4. The van der Waals surface area contributed by atoms with Crippen molar-refractivity contribution in [2.45, 2.75) is 26.6 Å². The molecule has 0 amide bonds. The van der Waals surface area contributed by atoms with Crippen LogP contribution in [0.5, 0.6) is 0 Å². The summed E-state index contributed by atoms with van der Waals surface area (Å²) in [4.78, 5) is 0. The topological polar surface area (TPSA) is 52.0 Å². The molecule has 2 aromatic rings. The number of halogens is 1. The van der Waals surface area contributed by atoms with Crippen molar-refractivity contribution in [2.24, 2.45) is 0 Å². The molecule has 0 bridgehead atoms. The van der Waals surface area contributed by atoms with E-state index < -0.39 is 0 Å². The van der Waals surface area contributed by atoms with Crippen LogP contribution in [0.2, 0.25) is 0 Å². The van der Waals surface area contributed by atoms with E-state index in [1.807, 2.05) is 35.1 Å². The van der Waals surface area contributed by atoms with E-state index in [4.69, 9.17) is 4.74 Å². The predicted octanol–water partition coefficient (Wildman–Crippen LogP) is 2.37. The lowest BCUT2D eigenvalue weighted by Crippen LogP contribution is -2.11. The van der Waals surface area contributed by atoms with E-state index in [1.54, 1.807) is 0 Å². The van der Waals surface area contributed by atoms with Gasteiger partial charge in [0.2, 0.25) is 0 Å². The Morgan fingerprint density at radius 1 is 1.35 bits per heavy atom. The third kappa shape index (κ3) is 4.70. The van der Waals surface area contributed by atoms with Crippen LogP contribution in [0, 0.1) is 0 Å². The van der Waals surface area contributed by atoms with Gasteiger partial charge in [0.05, 0.1) is 25.5 Å². The summed E-state index contributed by atoms with van der Waals surface area (Å²) >= 11 is 3.51. The van der Waals surface area contributed by atoms with Gasteiger partial charge in [-0.1, -0.05) is 46.3 Å². The van der Waals surface area contributed by atoms with Crippen molar-refractivity contribution in [2.75, 3.05) is 13.2 Å². The summed E-state index contributed by atoms with van der Waals surface area (Å²) in [6, 6.07) is 8.07. The van der Waals surface area contributed by atoms with Crippen LogP contribution in [0.4, 0.5) is 0 Å². The highest BCUT2D eigenvalue weighted by atomic mass is 79.9. The van der Waals surface area contributed by atoms with Crippen molar-refractivity contribution >= 4 is 15.9 Å². The molecule has 5 nitrogen and oxygen atoms in total. The summed E-state index contributed by atoms with van der Waals surface area (Å²) in [6.07, 6.45) is 1.95. The van der Waals surface area contributed by atoms with Gasteiger partial charge in [0.15, 0.2) is 0 Å². The van der Waals surface area contributed by atoms with Gasteiger partial charge in [-0.25, -0.2) is 4.68 Å². The van der Waals surface area contributed by atoms with Crippen LogP contribution in [0.15, 0.2) is 34.9 Å². The minimum Gasteiger partial charge on any atom is -0.375 e. The molecule has 0 saturated carbocycles. The molecule has 1 aromatic carbocycles. The Balaban J connectivity index is 1.71. The van der Waals surface area contributed by atoms with Crippen molar-refractivity contribution in [3.05, 3.63) is 46.2 Å². The SMILES string of the molecule is CCNCc1cn(CCOCc2ccccc2Br)nn1. The molecule has 1 heterocycles. The van der Waals surface area contributed by atoms with Crippen molar-refractivity contribution in [1.29, 1.82) is 0 Å². The minimum absolute atomic E-state index is 0.598. The zero-order valence-electron chi connectivity index (χ0n) is 11.6. The van der Waals surface area contributed by atoms with Gasteiger partial charge >= 0.3 is 0 Å². The third-order valence-electron chi connectivity index (χ3n) is 2.82. The molecule has 0 aliphatic heterocycles. The summed E-state index contributed by atoms with van der Waals surface area (Å²) in [5.41, 5.74) is 2.11. The molecule has 1 aromatic heterocycles. The van der Waals surface area contributed by atoms with E-state index in [1.165, 1.54) is 0 Å². The first-order valence-electron chi connectivity index (χ1n) is 6.70. The van der Waals surface area contributed by atoms with Crippen LogP contribution in [0.3, 0.4) is 0 Å². The highest BCUT2D eigenvalue weighted by Crippen LogP contribution is 2.16. The lowest BCUT2D eigenvalue weighted by Gasteiger charge is -2.06. The van der Waals surface area contributed by atoms with Crippen molar-refractivity contribution < 1.29 is 4.74 Å². The fourth-order valence-corrected chi connectivity index (χ4v) is 2.14. The van der Waals surface area contributed by atoms with Crippen molar-refractivity contribution in [1.82, 2.24) is 20.3 Å². The van der Waals surface area contributed by atoms with Crippen LogP contribution < -0.4 is 5.32 Å². The summed E-state index contributed by atoms with van der Waals surface area (Å²) in [6.45, 7) is 5.69. The monoisotopic (exact) mass is 338 g/mol. The Labute approximate surface area is 127 Å². The zero-order chi connectivity index (χ0) is 14.2. The van der Waals surface area contributed by atoms with Gasteiger partial charge in [0.25, 0.3) is 0 Å². The molecule has 2 rings (SSSR count). The number of nitrogens with zero attached hydrogens (tertiary/aromatic N) is 3. The molecule has 20 heavy (non-hydrogen) atoms. The molecular weight excluding hydrogens is 320 g/mol. The summed E-state index contributed by atoms with van der Waals surface area (Å²) < 4.78 is 8.55. The maximum Gasteiger partial charge on any atom is 0.0964 e. The van der Waals surface area contributed by atoms with Gasteiger partial charge in [-0.05, 0) is 18.2 Å². The Hall–Kier alpha value is -1.24. The van der Waals surface area contributed by atoms with Crippen LogP contribution >= 0.6 is 15.9 Å². The molecule has 108 valence electrons. The largest absolute Gasteiger partial charge is 0.375 e. The van der Waals surface area contributed by atoms with Gasteiger partial charge in [-0.15, -0.1) is 5.10 Å². The molecule has 0 atom stereocenters. The van der Waals surface area contributed by atoms with E-state index in [-0.39, 0.29) is 0 Å². The molecular formula is C14H19BrN4O. The normalized spacial score (nSPS) is 10.9. The van der Waals surface area contributed by atoms with E-state index in [9.17, 15) is 0 Å². The molecule has 0 saturated heterocycles. The summed E-state index contributed by atoms with van der Waals surface area (Å²) in [5.74, 6) is 0. The quantitative estimate of drug-likeness (QED) is 0.751. The average molecular weight is 339 g/mol.